The zero-order valence-corrected chi connectivity index (χ0v) is 18.9. The number of imidazole rings is 1. The number of rotatable bonds is 9. The van der Waals surface area contributed by atoms with Gasteiger partial charge in [-0.1, -0.05) is 54.1 Å². The molecule has 32 heavy (non-hydrogen) atoms. The van der Waals surface area contributed by atoms with Gasteiger partial charge >= 0.3 is 0 Å². The molecule has 0 aliphatic carbocycles. The molecule has 1 heterocycles. The number of hydrogen-bond acceptors (Lipinski definition) is 3. The third-order valence-corrected chi connectivity index (χ3v) is 5.50. The van der Waals surface area contributed by atoms with Gasteiger partial charge in [0.25, 0.3) is 5.91 Å². The van der Waals surface area contributed by atoms with E-state index < -0.39 is 0 Å². The van der Waals surface area contributed by atoms with E-state index >= 15 is 0 Å². The van der Waals surface area contributed by atoms with Gasteiger partial charge < -0.3 is 14.6 Å². The highest BCUT2D eigenvalue weighted by Gasteiger charge is 2.18. The van der Waals surface area contributed by atoms with Crippen molar-refractivity contribution in [2.24, 2.45) is 0 Å². The van der Waals surface area contributed by atoms with Crippen molar-refractivity contribution in [3.05, 3.63) is 94.8 Å². The second-order valence-corrected chi connectivity index (χ2v) is 8.18. The molecule has 1 aromatic heterocycles. The summed E-state index contributed by atoms with van der Waals surface area (Å²) in [6.07, 6.45) is 0.782. The molecule has 3 aromatic carbocycles. The largest absolute Gasteiger partial charge is 0.494 e. The topological polar surface area (TPSA) is 56.1 Å². The van der Waals surface area contributed by atoms with Gasteiger partial charge in [-0.2, -0.15) is 0 Å². The molecule has 164 valence electrons. The molecule has 0 radical (unpaired) electrons. The minimum absolute atomic E-state index is 0.248. The second kappa shape index (κ2) is 10.5. The number of aromatic nitrogens is 2. The minimum atomic E-state index is -0.248. The lowest BCUT2D eigenvalue weighted by molar-refractivity contribution is 0.0937. The molecule has 0 fully saturated rings. The first-order chi connectivity index (χ1) is 15.6. The summed E-state index contributed by atoms with van der Waals surface area (Å²) in [5.74, 6) is 1.42. The second-order valence-electron chi connectivity index (χ2n) is 7.36. The highest BCUT2D eigenvalue weighted by atomic mass is 35.5. The molecule has 0 saturated heterocycles. The molecular weight excluding hydrogens is 445 g/mol. The van der Waals surface area contributed by atoms with E-state index in [4.69, 9.17) is 27.9 Å². The molecule has 5 nitrogen and oxygen atoms in total. The van der Waals surface area contributed by atoms with E-state index in [1.165, 1.54) is 0 Å². The van der Waals surface area contributed by atoms with Gasteiger partial charge in [-0.15, -0.1) is 11.6 Å². The van der Waals surface area contributed by atoms with E-state index in [-0.39, 0.29) is 5.91 Å². The smallest absolute Gasteiger partial charge is 0.287 e. The average Bonchev–Trinajstić information content (AvgIpc) is 3.16. The summed E-state index contributed by atoms with van der Waals surface area (Å²) < 4.78 is 7.59. The normalized spacial score (nSPS) is 10.9. The molecule has 0 aliphatic rings. The predicted octanol–water partition coefficient (Wildman–Crippen LogP) is 5.68. The number of carbonyl (C=O) groups is 1. The SMILES string of the molecule is O=C(NCc1cccc(OCCCCl)c1)c1nc2ccc(Cl)cc2n1Cc1ccccc1. The molecule has 0 atom stereocenters. The Hall–Kier alpha value is -3.02. The lowest BCUT2D eigenvalue weighted by Gasteiger charge is -2.11. The Morgan fingerprint density at radius 1 is 1.00 bits per heavy atom. The maximum absolute atomic E-state index is 13.1. The monoisotopic (exact) mass is 467 g/mol. The van der Waals surface area contributed by atoms with Crippen LogP contribution in [0.25, 0.3) is 11.0 Å². The molecule has 1 N–H and O–H groups in total. The molecule has 0 spiro atoms. The fourth-order valence-electron chi connectivity index (χ4n) is 3.45. The Morgan fingerprint density at radius 3 is 2.62 bits per heavy atom. The van der Waals surface area contributed by atoms with Crippen molar-refractivity contribution in [2.75, 3.05) is 12.5 Å². The standard InChI is InChI=1S/C25H23Cl2N3O2/c26-12-5-13-32-21-9-4-8-19(14-21)16-28-25(31)24-29-22-11-10-20(27)15-23(22)30(24)17-18-6-2-1-3-7-18/h1-4,6-11,14-15H,5,12-13,16-17H2,(H,28,31). The number of carbonyl (C=O) groups excluding carboxylic acids is 1. The third kappa shape index (κ3) is 5.42. The van der Waals surface area contributed by atoms with Crippen LogP contribution in [0.1, 0.15) is 28.2 Å². The molecule has 0 unspecified atom stereocenters. The van der Waals surface area contributed by atoms with Crippen molar-refractivity contribution >= 4 is 40.1 Å². The van der Waals surface area contributed by atoms with Gasteiger partial charge in [0.05, 0.1) is 17.6 Å². The molecule has 7 heteroatoms. The summed E-state index contributed by atoms with van der Waals surface area (Å²) >= 11 is 11.9. The number of halogens is 2. The van der Waals surface area contributed by atoms with E-state index in [0.29, 0.717) is 36.4 Å². The zero-order chi connectivity index (χ0) is 22.3. The van der Waals surface area contributed by atoms with E-state index in [0.717, 1.165) is 34.3 Å². The highest BCUT2D eigenvalue weighted by Crippen LogP contribution is 2.22. The summed E-state index contributed by atoms with van der Waals surface area (Å²) in [6, 6.07) is 23.1. The number of nitrogens with zero attached hydrogens (tertiary/aromatic N) is 2. The summed E-state index contributed by atoms with van der Waals surface area (Å²) in [7, 11) is 0. The number of alkyl halides is 1. The molecule has 0 aliphatic heterocycles. The third-order valence-electron chi connectivity index (χ3n) is 5.00. The number of fused-ring (bicyclic) bond motifs is 1. The van der Waals surface area contributed by atoms with Crippen LogP contribution in [0.2, 0.25) is 5.02 Å². The Labute approximate surface area is 196 Å². The van der Waals surface area contributed by atoms with Gasteiger partial charge in [-0.25, -0.2) is 4.98 Å². The number of hydrogen-bond donors (Lipinski definition) is 1. The Kier molecular flexibility index (Phi) is 7.30. The molecule has 4 aromatic rings. The van der Waals surface area contributed by atoms with Gasteiger partial charge in [0.1, 0.15) is 5.75 Å². The van der Waals surface area contributed by atoms with Crippen LogP contribution in [0.5, 0.6) is 5.75 Å². The predicted molar refractivity (Wildman–Crippen MR) is 129 cm³/mol. The first-order valence-electron chi connectivity index (χ1n) is 10.4. The van der Waals surface area contributed by atoms with Crippen molar-refractivity contribution in [3.63, 3.8) is 0 Å². The van der Waals surface area contributed by atoms with Crippen molar-refractivity contribution in [1.82, 2.24) is 14.9 Å². The Bertz CT molecular complexity index is 1210. The zero-order valence-electron chi connectivity index (χ0n) is 17.4. The Balaban J connectivity index is 1.54. The Morgan fingerprint density at radius 2 is 1.81 bits per heavy atom. The fourth-order valence-corrected chi connectivity index (χ4v) is 3.72. The van der Waals surface area contributed by atoms with E-state index in [2.05, 4.69) is 10.3 Å². The van der Waals surface area contributed by atoms with Crippen LogP contribution in [0.4, 0.5) is 0 Å². The molecular formula is C25H23Cl2N3O2. The summed E-state index contributed by atoms with van der Waals surface area (Å²) in [5, 5.41) is 3.58. The van der Waals surface area contributed by atoms with E-state index in [1.807, 2.05) is 71.3 Å². The fraction of sp³-hybridized carbons (Fsp3) is 0.200. The molecule has 0 saturated carbocycles. The van der Waals surface area contributed by atoms with Gasteiger partial charge in [0, 0.05) is 24.0 Å². The highest BCUT2D eigenvalue weighted by molar-refractivity contribution is 6.31. The van der Waals surface area contributed by atoms with Crippen LogP contribution >= 0.6 is 23.2 Å². The number of nitrogens with one attached hydrogen (secondary N) is 1. The van der Waals surface area contributed by atoms with Crippen molar-refractivity contribution < 1.29 is 9.53 Å². The van der Waals surface area contributed by atoms with Crippen LogP contribution in [-0.2, 0) is 13.1 Å². The maximum atomic E-state index is 13.1. The van der Waals surface area contributed by atoms with Crippen molar-refractivity contribution in [1.29, 1.82) is 0 Å². The average molecular weight is 468 g/mol. The molecule has 0 bridgehead atoms. The first-order valence-corrected chi connectivity index (χ1v) is 11.3. The summed E-state index contributed by atoms with van der Waals surface area (Å²) in [6.45, 7) is 1.44. The number of amides is 1. The first kappa shape index (κ1) is 22.2. The number of benzene rings is 3. The summed E-state index contributed by atoms with van der Waals surface area (Å²) in [4.78, 5) is 17.7. The molecule has 1 amide bonds. The van der Waals surface area contributed by atoms with Gasteiger partial charge in [0.2, 0.25) is 0 Å². The van der Waals surface area contributed by atoms with Crippen LogP contribution in [0.3, 0.4) is 0 Å². The van der Waals surface area contributed by atoms with Crippen molar-refractivity contribution in [3.8, 4) is 5.75 Å². The lowest BCUT2D eigenvalue weighted by Crippen LogP contribution is -2.26. The van der Waals surface area contributed by atoms with E-state index in [9.17, 15) is 4.79 Å². The van der Waals surface area contributed by atoms with Crippen LogP contribution < -0.4 is 10.1 Å². The lowest BCUT2D eigenvalue weighted by atomic mass is 10.2. The maximum Gasteiger partial charge on any atom is 0.287 e. The quantitative estimate of drug-likeness (QED) is 0.254. The van der Waals surface area contributed by atoms with Gasteiger partial charge in [-0.3, -0.25) is 4.79 Å². The number of ether oxygens (including phenoxy) is 1. The van der Waals surface area contributed by atoms with Crippen molar-refractivity contribution in [2.45, 2.75) is 19.5 Å². The van der Waals surface area contributed by atoms with Crippen LogP contribution in [0.15, 0.2) is 72.8 Å². The van der Waals surface area contributed by atoms with Crippen LogP contribution in [-0.4, -0.2) is 27.9 Å². The van der Waals surface area contributed by atoms with E-state index in [1.54, 1.807) is 6.07 Å². The summed E-state index contributed by atoms with van der Waals surface area (Å²) in [5.41, 5.74) is 3.56. The minimum Gasteiger partial charge on any atom is -0.494 e. The molecule has 4 rings (SSSR count). The van der Waals surface area contributed by atoms with Gasteiger partial charge in [-0.05, 0) is 47.9 Å². The van der Waals surface area contributed by atoms with Crippen LogP contribution in [0, 0.1) is 0 Å². The van der Waals surface area contributed by atoms with Gasteiger partial charge in [0.15, 0.2) is 5.82 Å².